The fraction of sp³-hybridized carbons (Fsp3) is 0.455. The first-order valence-electron chi connectivity index (χ1n) is 10.3. The quantitative estimate of drug-likeness (QED) is 0.760. The summed E-state index contributed by atoms with van der Waals surface area (Å²) in [5.74, 6) is -0.286. The minimum absolute atomic E-state index is 0.0572. The van der Waals surface area contributed by atoms with Crippen molar-refractivity contribution in [3.63, 3.8) is 0 Å². The molecule has 160 valence electrons. The Hall–Kier alpha value is -3.16. The molecular formula is C22H28N4O4. The van der Waals surface area contributed by atoms with Gasteiger partial charge in [0.1, 0.15) is 5.56 Å². The first kappa shape index (κ1) is 21.5. The molecule has 0 unspecified atom stereocenters. The highest BCUT2D eigenvalue weighted by Crippen LogP contribution is 2.34. The molecule has 8 nitrogen and oxygen atoms in total. The Bertz CT molecular complexity index is 1080. The van der Waals surface area contributed by atoms with Crippen LogP contribution in [0.1, 0.15) is 75.6 Å². The summed E-state index contributed by atoms with van der Waals surface area (Å²) in [4.78, 5) is 39.1. The number of aromatic nitrogens is 2. The second kappa shape index (κ2) is 8.69. The molecule has 8 heteroatoms. The van der Waals surface area contributed by atoms with E-state index in [0.29, 0.717) is 12.3 Å². The molecule has 0 spiro atoms. The van der Waals surface area contributed by atoms with E-state index >= 15 is 0 Å². The van der Waals surface area contributed by atoms with Gasteiger partial charge >= 0.3 is 5.69 Å². The average molecular weight is 412 g/mol. The Balaban J connectivity index is 2.02. The molecule has 0 saturated heterocycles. The third kappa shape index (κ3) is 4.08. The Labute approximate surface area is 174 Å². The third-order valence-corrected chi connectivity index (χ3v) is 5.42. The van der Waals surface area contributed by atoms with E-state index in [1.54, 1.807) is 0 Å². The number of H-pyrrole nitrogens is 1. The third-order valence-electron chi connectivity index (χ3n) is 5.42. The molecule has 2 aromatic rings. The summed E-state index contributed by atoms with van der Waals surface area (Å²) in [5.41, 5.74) is 0.944. The highest BCUT2D eigenvalue weighted by molar-refractivity contribution is 6.04. The molecule has 0 fully saturated rings. The van der Waals surface area contributed by atoms with Gasteiger partial charge < -0.3 is 5.11 Å². The zero-order chi connectivity index (χ0) is 22.0. The number of nitrogens with zero attached hydrogens (tertiary/aromatic N) is 3. The number of nitrogens with one attached hydrogen (secondary N) is 1. The molecular weight excluding hydrogens is 384 g/mol. The van der Waals surface area contributed by atoms with E-state index in [-0.39, 0.29) is 36.2 Å². The number of benzene rings is 1. The van der Waals surface area contributed by atoms with Gasteiger partial charge in [0.25, 0.3) is 5.56 Å². The van der Waals surface area contributed by atoms with Gasteiger partial charge in [0.05, 0.1) is 11.8 Å². The fourth-order valence-electron chi connectivity index (χ4n) is 3.66. The van der Waals surface area contributed by atoms with E-state index in [2.05, 4.69) is 23.9 Å². The molecule has 3 rings (SSSR count). The van der Waals surface area contributed by atoms with Crippen LogP contribution in [-0.4, -0.2) is 31.3 Å². The van der Waals surface area contributed by atoms with Gasteiger partial charge in [-0.25, -0.2) is 9.80 Å². The number of carbonyl (C=O) groups excluding carboxylic acids is 1. The van der Waals surface area contributed by atoms with Crippen LogP contribution in [0.3, 0.4) is 0 Å². The van der Waals surface area contributed by atoms with Gasteiger partial charge in [-0.05, 0) is 23.5 Å². The standard InChI is InChI=1S/C22H28N4O4/c1-5-6-11-25-21(29)19(20(28)23-22(25)30)17-12-18(26(24-17)14(4)27)16-9-7-15(8-10-16)13(2)3/h7-10,13,18,29H,5-6,11-12H2,1-4H3,(H,23,28,30)/t18-/m1/s1. The minimum Gasteiger partial charge on any atom is -0.494 e. The monoisotopic (exact) mass is 412 g/mol. The van der Waals surface area contributed by atoms with Crippen LogP contribution >= 0.6 is 0 Å². The van der Waals surface area contributed by atoms with Crippen molar-refractivity contribution in [2.75, 3.05) is 0 Å². The van der Waals surface area contributed by atoms with Gasteiger partial charge in [-0.15, -0.1) is 0 Å². The number of hydrogen-bond acceptors (Lipinski definition) is 5. The molecule has 0 bridgehead atoms. The lowest BCUT2D eigenvalue weighted by Crippen LogP contribution is -2.33. The minimum atomic E-state index is -0.705. The first-order chi connectivity index (χ1) is 14.2. The van der Waals surface area contributed by atoms with Crippen LogP contribution in [0.5, 0.6) is 5.88 Å². The zero-order valence-electron chi connectivity index (χ0n) is 17.8. The number of hydrazone groups is 1. The lowest BCUT2D eigenvalue weighted by Gasteiger charge is -2.21. The molecule has 2 N–H and O–H groups in total. The van der Waals surface area contributed by atoms with Gasteiger partial charge in [-0.1, -0.05) is 51.5 Å². The molecule has 30 heavy (non-hydrogen) atoms. The van der Waals surface area contributed by atoms with Gasteiger partial charge in [0, 0.05) is 19.9 Å². The lowest BCUT2D eigenvalue weighted by atomic mass is 9.96. The van der Waals surface area contributed by atoms with E-state index in [4.69, 9.17) is 0 Å². The van der Waals surface area contributed by atoms with Crippen LogP contribution in [0.2, 0.25) is 0 Å². The van der Waals surface area contributed by atoms with Crippen LogP contribution in [0.4, 0.5) is 0 Å². The van der Waals surface area contributed by atoms with Crippen LogP contribution < -0.4 is 11.2 Å². The van der Waals surface area contributed by atoms with Crippen molar-refractivity contribution >= 4 is 11.6 Å². The van der Waals surface area contributed by atoms with Gasteiger partial charge in [0.15, 0.2) is 0 Å². The second-order valence-electron chi connectivity index (χ2n) is 7.91. The van der Waals surface area contributed by atoms with Gasteiger partial charge in [-0.2, -0.15) is 5.10 Å². The summed E-state index contributed by atoms with van der Waals surface area (Å²) in [6.07, 6.45) is 1.77. The van der Waals surface area contributed by atoms with Gasteiger partial charge in [0.2, 0.25) is 11.8 Å². The van der Waals surface area contributed by atoms with Gasteiger partial charge in [-0.3, -0.25) is 19.1 Å². The summed E-state index contributed by atoms with van der Waals surface area (Å²) in [6, 6.07) is 7.58. The molecule has 0 saturated carbocycles. The highest BCUT2D eigenvalue weighted by atomic mass is 16.3. The Morgan fingerprint density at radius 1 is 1.27 bits per heavy atom. The van der Waals surface area contributed by atoms with Crippen LogP contribution in [0.25, 0.3) is 0 Å². The molecule has 0 aliphatic carbocycles. The Morgan fingerprint density at radius 3 is 2.50 bits per heavy atom. The number of amides is 1. The number of carbonyl (C=O) groups is 1. The van der Waals surface area contributed by atoms with Crippen molar-refractivity contribution in [3.05, 3.63) is 61.8 Å². The maximum absolute atomic E-state index is 12.5. The highest BCUT2D eigenvalue weighted by Gasteiger charge is 2.34. The van der Waals surface area contributed by atoms with E-state index in [9.17, 15) is 19.5 Å². The van der Waals surface area contributed by atoms with Crippen molar-refractivity contribution in [2.45, 2.75) is 65.5 Å². The van der Waals surface area contributed by atoms with Crippen molar-refractivity contribution < 1.29 is 9.90 Å². The van der Waals surface area contributed by atoms with Crippen molar-refractivity contribution in [1.29, 1.82) is 0 Å². The molecule has 2 heterocycles. The number of rotatable bonds is 6. The SMILES string of the molecule is CCCCn1c(O)c(C2=NN(C(C)=O)[C@@H](c3ccc(C(C)C)cc3)C2)c(=O)[nH]c1=O. The van der Waals surface area contributed by atoms with Crippen LogP contribution in [0, 0.1) is 0 Å². The maximum atomic E-state index is 12.5. The molecule has 1 aromatic heterocycles. The molecule has 1 aliphatic heterocycles. The van der Waals surface area contributed by atoms with Crippen LogP contribution in [-0.2, 0) is 11.3 Å². The smallest absolute Gasteiger partial charge is 0.331 e. The summed E-state index contributed by atoms with van der Waals surface area (Å²) < 4.78 is 1.14. The summed E-state index contributed by atoms with van der Waals surface area (Å²) in [6.45, 7) is 7.88. The zero-order valence-corrected chi connectivity index (χ0v) is 17.8. The molecule has 1 aliphatic rings. The number of aromatic hydroxyl groups is 1. The molecule has 0 radical (unpaired) electrons. The van der Waals surface area contributed by atoms with Crippen molar-refractivity contribution in [1.82, 2.24) is 14.6 Å². The topological polar surface area (TPSA) is 108 Å². The number of unbranched alkanes of at least 4 members (excludes halogenated alkanes) is 1. The molecule has 1 amide bonds. The first-order valence-corrected chi connectivity index (χ1v) is 10.3. The van der Waals surface area contributed by atoms with Crippen molar-refractivity contribution in [2.24, 2.45) is 5.10 Å². The number of hydrogen-bond donors (Lipinski definition) is 2. The second-order valence-corrected chi connectivity index (χ2v) is 7.91. The van der Waals surface area contributed by atoms with E-state index in [0.717, 1.165) is 16.6 Å². The van der Waals surface area contributed by atoms with Crippen molar-refractivity contribution in [3.8, 4) is 5.88 Å². The number of aromatic amines is 1. The molecule has 1 aromatic carbocycles. The largest absolute Gasteiger partial charge is 0.494 e. The predicted octanol–water partition coefficient (Wildman–Crippen LogP) is 2.86. The Kier molecular flexibility index (Phi) is 6.24. The Morgan fingerprint density at radius 2 is 1.93 bits per heavy atom. The summed E-state index contributed by atoms with van der Waals surface area (Å²) in [7, 11) is 0. The fourth-order valence-corrected chi connectivity index (χ4v) is 3.66. The summed E-state index contributed by atoms with van der Waals surface area (Å²) >= 11 is 0. The van der Waals surface area contributed by atoms with Crippen LogP contribution in [0.15, 0.2) is 39.0 Å². The predicted molar refractivity (Wildman–Crippen MR) is 115 cm³/mol. The van der Waals surface area contributed by atoms with E-state index < -0.39 is 17.1 Å². The summed E-state index contributed by atoms with van der Waals surface area (Å²) in [5, 5.41) is 16.4. The van der Waals surface area contributed by atoms with E-state index in [1.807, 2.05) is 31.2 Å². The normalized spacial score (nSPS) is 16.2. The lowest BCUT2D eigenvalue weighted by molar-refractivity contribution is -0.130. The van der Waals surface area contributed by atoms with E-state index in [1.165, 1.54) is 17.5 Å². The average Bonchev–Trinajstić information content (AvgIpc) is 3.13. The maximum Gasteiger partial charge on any atom is 0.331 e. The molecule has 1 atom stereocenters.